The first-order valence-corrected chi connectivity index (χ1v) is 8.30. The molecule has 1 aliphatic rings. The Bertz CT molecular complexity index is 1030. The molecule has 0 radical (unpaired) electrons. The molecule has 0 saturated heterocycles. The summed E-state index contributed by atoms with van der Waals surface area (Å²) in [5.41, 5.74) is 3.41. The molecule has 0 spiro atoms. The number of nitrogens with zero attached hydrogens (tertiary/aromatic N) is 4. The highest BCUT2D eigenvalue weighted by atomic mass is 19.4. The molecule has 1 N–H and O–H groups in total. The monoisotopic (exact) mass is 389 g/mol. The van der Waals surface area contributed by atoms with Crippen molar-refractivity contribution in [1.29, 1.82) is 0 Å². The highest BCUT2D eigenvalue weighted by Crippen LogP contribution is 2.29. The van der Waals surface area contributed by atoms with Gasteiger partial charge < -0.3 is 14.7 Å². The number of alkyl halides is 3. The van der Waals surface area contributed by atoms with E-state index in [0.29, 0.717) is 29.9 Å². The molecule has 7 nitrogen and oxygen atoms in total. The van der Waals surface area contributed by atoms with Gasteiger partial charge >= 0.3 is 12.1 Å². The summed E-state index contributed by atoms with van der Waals surface area (Å²) in [6, 6.07) is 8.81. The average molecular weight is 389 g/mol. The van der Waals surface area contributed by atoms with Gasteiger partial charge in [0.2, 0.25) is 5.82 Å². The maximum atomic E-state index is 12.5. The van der Waals surface area contributed by atoms with Crippen LogP contribution in [0.2, 0.25) is 0 Å². The van der Waals surface area contributed by atoms with E-state index in [-0.39, 0.29) is 11.7 Å². The number of fused-ring (bicyclic) bond motifs is 1. The van der Waals surface area contributed by atoms with Gasteiger partial charge in [-0.2, -0.15) is 18.2 Å². The lowest BCUT2D eigenvalue weighted by molar-refractivity contribution is -0.159. The Hall–Kier alpha value is -3.43. The maximum absolute atomic E-state index is 12.5. The zero-order valence-electron chi connectivity index (χ0n) is 14.6. The van der Waals surface area contributed by atoms with Crippen molar-refractivity contribution in [2.45, 2.75) is 19.3 Å². The molecule has 3 aromatic rings. The van der Waals surface area contributed by atoms with Gasteiger partial charge in [0.15, 0.2) is 0 Å². The second kappa shape index (κ2) is 6.63. The van der Waals surface area contributed by atoms with E-state index in [2.05, 4.69) is 25.0 Å². The third-order valence-electron chi connectivity index (χ3n) is 4.32. The molecule has 144 valence electrons. The predicted molar refractivity (Wildman–Crippen MR) is 92.1 cm³/mol. The van der Waals surface area contributed by atoms with Crippen LogP contribution >= 0.6 is 0 Å². The first-order valence-electron chi connectivity index (χ1n) is 8.30. The van der Waals surface area contributed by atoms with Crippen molar-refractivity contribution in [3.8, 4) is 11.4 Å². The SMILES string of the molecule is CN1Cc2ccc(NCc3ccc(-c4noc(C(F)(F)F)n4)cn3)cc2C1=O. The molecule has 1 amide bonds. The van der Waals surface area contributed by atoms with Crippen LogP contribution in [0.3, 0.4) is 0 Å². The lowest BCUT2D eigenvalue weighted by Gasteiger charge is -2.07. The largest absolute Gasteiger partial charge is 0.471 e. The molecule has 0 unspecified atom stereocenters. The molecule has 3 heterocycles. The second-order valence-electron chi connectivity index (χ2n) is 6.35. The Balaban J connectivity index is 1.43. The first-order chi connectivity index (χ1) is 13.3. The molecule has 0 atom stereocenters. The number of rotatable bonds is 4. The number of aromatic nitrogens is 3. The highest BCUT2D eigenvalue weighted by Gasteiger charge is 2.38. The number of hydrogen-bond donors (Lipinski definition) is 1. The Kier molecular flexibility index (Phi) is 4.25. The minimum Gasteiger partial charge on any atom is -0.379 e. The van der Waals surface area contributed by atoms with Crippen LogP contribution in [0.15, 0.2) is 41.1 Å². The maximum Gasteiger partial charge on any atom is 0.471 e. The Morgan fingerprint density at radius 2 is 2.07 bits per heavy atom. The average Bonchev–Trinajstić information content (AvgIpc) is 3.27. The van der Waals surface area contributed by atoms with Crippen LogP contribution in [0.25, 0.3) is 11.4 Å². The van der Waals surface area contributed by atoms with Crippen molar-refractivity contribution in [2.75, 3.05) is 12.4 Å². The summed E-state index contributed by atoms with van der Waals surface area (Å²) in [7, 11) is 1.75. The van der Waals surface area contributed by atoms with Crippen molar-refractivity contribution in [2.24, 2.45) is 0 Å². The third kappa shape index (κ3) is 3.40. The van der Waals surface area contributed by atoms with Crippen LogP contribution in [0.1, 0.15) is 27.5 Å². The van der Waals surface area contributed by atoms with E-state index in [1.54, 1.807) is 30.1 Å². The summed E-state index contributed by atoms with van der Waals surface area (Å²) >= 11 is 0. The lowest BCUT2D eigenvalue weighted by atomic mass is 10.1. The number of anilines is 1. The number of nitrogens with one attached hydrogen (secondary N) is 1. The van der Waals surface area contributed by atoms with Gasteiger partial charge in [-0.1, -0.05) is 11.2 Å². The fourth-order valence-electron chi connectivity index (χ4n) is 2.87. The summed E-state index contributed by atoms with van der Waals surface area (Å²) in [6.45, 7) is 0.979. The van der Waals surface area contributed by atoms with E-state index < -0.39 is 12.1 Å². The highest BCUT2D eigenvalue weighted by molar-refractivity contribution is 5.99. The molecular formula is C18H14F3N5O2. The van der Waals surface area contributed by atoms with Crippen molar-refractivity contribution >= 4 is 11.6 Å². The Morgan fingerprint density at radius 3 is 2.75 bits per heavy atom. The number of carbonyl (C=O) groups is 1. The standard InChI is InChI=1S/C18H14F3N5O2/c1-26-9-11-3-4-12(6-14(11)16(26)27)23-8-13-5-2-10(7-22-13)15-24-17(28-25-15)18(19,20)21/h2-7,23H,8-9H2,1H3. The van der Waals surface area contributed by atoms with Gasteiger partial charge in [0.1, 0.15) is 0 Å². The van der Waals surface area contributed by atoms with Gasteiger partial charge in [0.05, 0.1) is 12.2 Å². The minimum absolute atomic E-state index is 0.0144. The Labute approximate surface area is 157 Å². The third-order valence-corrected chi connectivity index (χ3v) is 4.32. The summed E-state index contributed by atoms with van der Waals surface area (Å²) in [5, 5.41) is 6.50. The van der Waals surface area contributed by atoms with Crippen LogP contribution in [0.4, 0.5) is 18.9 Å². The van der Waals surface area contributed by atoms with E-state index in [9.17, 15) is 18.0 Å². The molecule has 0 fully saturated rings. The lowest BCUT2D eigenvalue weighted by Crippen LogP contribution is -2.17. The number of carbonyl (C=O) groups excluding carboxylic acids is 1. The zero-order chi connectivity index (χ0) is 19.9. The molecule has 0 saturated carbocycles. The van der Waals surface area contributed by atoms with Gasteiger partial charge in [0, 0.05) is 36.6 Å². The summed E-state index contributed by atoms with van der Waals surface area (Å²) in [6.07, 6.45) is -3.31. The number of pyridine rings is 1. The predicted octanol–water partition coefficient (Wildman–Crippen LogP) is 3.35. The van der Waals surface area contributed by atoms with Crippen molar-refractivity contribution < 1.29 is 22.5 Å². The molecule has 2 aromatic heterocycles. The van der Waals surface area contributed by atoms with Gasteiger partial charge in [-0.25, -0.2) is 0 Å². The van der Waals surface area contributed by atoms with Crippen molar-refractivity contribution in [3.05, 3.63) is 59.2 Å². The number of benzene rings is 1. The summed E-state index contributed by atoms with van der Waals surface area (Å²) in [4.78, 5) is 21.2. The van der Waals surface area contributed by atoms with Crippen molar-refractivity contribution in [3.63, 3.8) is 0 Å². The summed E-state index contributed by atoms with van der Waals surface area (Å²) in [5.74, 6) is -1.59. The van der Waals surface area contributed by atoms with E-state index >= 15 is 0 Å². The molecular weight excluding hydrogens is 375 g/mol. The fraction of sp³-hybridized carbons (Fsp3) is 0.222. The number of amides is 1. The van der Waals surface area contributed by atoms with E-state index in [4.69, 9.17) is 0 Å². The van der Waals surface area contributed by atoms with Crippen LogP contribution in [-0.4, -0.2) is 33.0 Å². The smallest absolute Gasteiger partial charge is 0.379 e. The van der Waals surface area contributed by atoms with E-state index in [1.165, 1.54) is 6.20 Å². The molecule has 0 bridgehead atoms. The molecule has 0 aliphatic carbocycles. The van der Waals surface area contributed by atoms with Crippen LogP contribution in [0, 0.1) is 0 Å². The fourth-order valence-corrected chi connectivity index (χ4v) is 2.87. The van der Waals surface area contributed by atoms with Crippen LogP contribution in [0.5, 0.6) is 0 Å². The normalized spacial score (nSPS) is 13.7. The van der Waals surface area contributed by atoms with E-state index in [0.717, 1.165) is 11.3 Å². The number of halogens is 3. The topological polar surface area (TPSA) is 84.2 Å². The Morgan fingerprint density at radius 1 is 1.25 bits per heavy atom. The molecule has 1 aromatic carbocycles. The quantitative estimate of drug-likeness (QED) is 0.737. The molecule has 28 heavy (non-hydrogen) atoms. The van der Waals surface area contributed by atoms with Crippen molar-refractivity contribution in [1.82, 2.24) is 20.0 Å². The molecule has 4 rings (SSSR count). The van der Waals surface area contributed by atoms with E-state index in [1.807, 2.05) is 12.1 Å². The van der Waals surface area contributed by atoms with Gasteiger partial charge in [-0.15, -0.1) is 0 Å². The minimum atomic E-state index is -4.69. The summed E-state index contributed by atoms with van der Waals surface area (Å²) < 4.78 is 41.8. The molecule has 1 aliphatic heterocycles. The van der Waals surface area contributed by atoms with Gasteiger partial charge in [-0.3, -0.25) is 9.78 Å². The second-order valence-corrected chi connectivity index (χ2v) is 6.35. The van der Waals surface area contributed by atoms with Gasteiger partial charge in [-0.05, 0) is 29.8 Å². The van der Waals surface area contributed by atoms with Crippen LogP contribution < -0.4 is 5.32 Å². The first kappa shape index (κ1) is 18.0. The van der Waals surface area contributed by atoms with Gasteiger partial charge in [0.25, 0.3) is 5.91 Å². The number of hydrogen-bond acceptors (Lipinski definition) is 6. The molecule has 10 heteroatoms. The van der Waals surface area contributed by atoms with Crippen LogP contribution in [-0.2, 0) is 19.3 Å². The zero-order valence-corrected chi connectivity index (χ0v) is 14.6.